The fraction of sp³-hybridized carbons (Fsp3) is 1.00. The second kappa shape index (κ2) is 12.3. The minimum Gasteiger partial charge on any atom is -0.391 e. The molecule has 0 amide bonds. The minimum absolute atomic E-state index is 0.0460. The Morgan fingerprint density at radius 2 is 1.54 bits per heavy atom. The molecule has 5 unspecified atom stereocenters. The third-order valence-electron chi connectivity index (χ3n) is 7.36. The van der Waals surface area contributed by atoms with Gasteiger partial charge in [-0.3, -0.25) is 0 Å². The van der Waals surface area contributed by atoms with Crippen LogP contribution in [0.25, 0.3) is 0 Å². The topological polar surface area (TPSA) is 236 Å². The third-order valence-corrected chi connectivity index (χ3v) is 7.36. The molecule has 1 aliphatic carbocycles. The number of hydrogen-bond acceptors (Lipinski definition) is 13. The lowest BCUT2D eigenvalue weighted by atomic mass is 9.77. The van der Waals surface area contributed by atoms with Crippen LogP contribution in [0.4, 0.5) is 0 Å². The van der Waals surface area contributed by atoms with Crippen molar-refractivity contribution in [3.8, 4) is 0 Å². The second-order valence-corrected chi connectivity index (χ2v) is 10.0. The average Bonchev–Trinajstić information content (AvgIpc) is 3.09. The van der Waals surface area contributed by atoms with Crippen molar-refractivity contribution in [2.45, 2.75) is 125 Å². The van der Waals surface area contributed by atoms with Crippen LogP contribution in [0.15, 0.2) is 0 Å². The van der Waals surface area contributed by atoms with E-state index in [1.54, 1.807) is 0 Å². The lowest BCUT2D eigenvalue weighted by molar-refractivity contribution is -0.317. The highest BCUT2D eigenvalue weighted by atomic mass is 16.7. The number of aliphatic hydroxyl groups is 6. The molecule has 12 N–H and O–H groups in total. The SMILES string of the molecule is CCCC[C@@H]1CC(N)[C@@H](O[C@H]2OC([C@@H](C)O)[C@@H](O)[C@H](O)C2N)[C@H](O[C@@H]2O[C@H](CN)[C@H](O)C2O)C1O. The van der Waals surface area contributed by atoms with Crippen LogP contribution in [-0.2, 0) is 18.9 Å². The first-order valence-electron chi connectivity index (χ1n) is 12.4. The van der Waals surface area contributed by atoms with Crippen molar-refractivity contribution in [3.63, 3.8) is 0 Å². The predicted octanol–water partition coefficient (Wildman–Crippen LogP) is -3.78. The summed E-state index contributed by atoms with van der Waals surface area (Å²) in [5, 5.41) is 62.4. The lowest BCUT2D eigenvalue weighted by Crippen LogP contribution is -2.67. The van der Waals surface area contributed by atoms with E-state index in [4.69, 9.17) is 36.1 Å². The second-order valence-electron chi connectivity index (χ2n) is 10.0. The van der Waals surface area contributed by atoms with Gasteiger partial charge in [0.15, 0.2) is 12.6 Å². The molecule has 2 heterocycles. The summed E-state index contributed by atoms with van der Waals surface area (Å²) < 4.78 is 23.3. The first kappa shape index (κ1) is 29.0. The quantitative estimate of drug-likeness (QED) is 0.145. The van der Waals surface area contributed by atoms with Crippen LogP contribution in [0.3, 0.4) is 0 Å². The van der Waals surface area contributed by atoms with E-state index in [-0.39, 0.29) is 12.5 Å². The number of hydrogen-bond donors (Lipinski definition) is 9. The molecule has 0 aromatic carbocycles. The van der Waals surface area contributed by atoms with Gasteiger partial charge in [-0.25, -0.2) is 0 Å². The normalized spacial score (nSPS) is 49.8. The molecule has 0 aromatic rings. The first-order chi connectivity index (χ1) is 16.5. The molecule has 13 nitrogen and oxygen atoms in total. The van der Waals surface area contributed by atoms with Gasteiger partial charge >= 0.3 is 0 Å². The van der Waals surface area contributed by atoms with Crippen molar-refractivity contribution >= 4 is 0 Å². The monoisotopic (exact) mass is 509 g/mol. The van der Waals surface area contributed by atoms with Gasteiger partial charge in [0.1, 0.15) is 48.8 Å². The first-order valence-corrected chi connectivity index (χ1v) is 12.4. The van der Waals surface area contributed by atoms with Crippen LogP contribution >= 0.6 is 0 Å². The van der Waals surface area contributed by atoms with Crippen LogP contribution in [0.1, 0.15) is 39.5 Å². The van der Waals surface area contributed by atoms with E-state index in [2.05, 4.69) is 0 Å². The molecule has 0 spiro atoms. The van der Waals surface area contributed by atoms with Crippen molar-refractivity contribution in [1.29, 1.82) is 0 Å². The van der Waals surface area contributed by atoms with Gasteiger partial charge in [-0.05, 0) is 25.7 Å². The molecule has 3 fully saturated rings. The Morgan fingerprint density at radius 3 is 2.11 bits per heavy atom. The summed E-state index contributed by atoms with van der Waals surface area (Å²) in [5.74, 6) is -0.220. The smallest absolute Gasteiger partial charge is 0.187 e. The number of nitrogens with two attached hydrogens (primary N) is 3. The summed E-state index contributed by atoms with van der Waals surface area (Å²) in [6, 6.07) is -1.83. The van der Waals surface area contributed by atoms with Crippen LogP contribution < -0.4 is 17.2 Å². The molecule has 2 aliphatic heterocycles. The molecule has 1 saturated carbocycles. The van der Waals surface area contributed by atoms with Crippen LogP contribution in [0.2, 0.25) is 0 Å². The fourth-order valence-electron chi connectivity index (χ4n) is 5.18. The van der Waals surface area contributed by atoms with Crippen LogP contribution in [0, 0.1) is 5.92 Å². The number of aliphatic hydroxyl groups excluding tert-OH is 6. The summed E-state index contributed by atoms with van der Waals surface area (Å²) in [6.45, 7) is 3.38. The standard InChI is InChI=1S/C22H43N3O10/c1-3-4-5-9-6-10(24)19(34-21-12(25)15(29)16(30)18(33-21)8(2)26)20(13(9)27)35-22-17(31)14(28)11(7-23)32-22/h8-22,26-31H,3-7,23-25H2,1-2H3/t8-,9-,10?,11-,12?,13?,14+,15-,16+,17?,18?,19-,20-,21-,22+/m1/s1. The van der Waals surface area contributed by atoms with E-state index in [1.165, 1.54) is 6.92 Å². The zero-order valence-electron chi connectivity index (χ0n) is 20.2. The molecule has 15 atom stereocenters. The molecular weight excluding hydrogens is 466 g/mol. The van der Waals surface area contributed by atoms with E-state index in [1.807, 2.05) is 6.92 Å². The maximum absolute atomic E-state index is 11.2. The van der Waals surface area contributed by atoms with E-state index in [0.717, 1.165) is 12.8 Å². The van der Waals surface area contributed by atoms with Gasteiger partial charge in [-0.2, -0.15) is 0 Å². The highest BCUT2D eigenvalue weighted by Gasteiger charge is 2.52. The Hall–Kier alpha value is -0.520. The van der Waals surface area contributed by atoms with E-state index >= 15 is 0 Å². The minimum atomic E-state index is -1.45. The lowest BCUT2D eigenvalue weighted by Gasteiger charge is -2.48. The van der Waals surface area contributed by atoms with E-state index < -0.39 is 85.7 Å². The maximum atomic E-state index is 11.2. The van der Waals surface area contributed by atoms with Crippen molar-refractivity contribution in [1.82, 2.24) is 0 Å². The molecular formula is C22H43N3O10. The molecule has 206 valence electrons. The third kappa shape index (κ3) is 6.14. The van der Waals surface area contributed by atoms with Gasteiger partial charge < -0.3 is 66.8 Å². The van der Waals surface area contributed by atoms with Crippen LogP contribution in [0.5, 0.6) is 0 Å². The van der Waals surface area contributed by atoms with Crippen LogP contribution in [-0.4, -0.2) is 123 Å². The number of unbranched alkanes of at least 4 members (excludes halogenated alkanes) is 1. The number of ether oxygens (including phenoxy) is 4. The predicted molar refractivity (Wildman–Crippen MR) is 121 cm³/mol. The van der Waals surface area contributed by atoms with Gasteiger partial charge in [0.25, 0.3) is 0 Å². The van der Waals surface area contributed by atoms with Crippen molar-refractivity contribution < 1.29 is 49.6 Å². The summed E-state index contributed by atoms with van der Waals surface area (Å²) in [4.78, 5) is 0. The Kier molecular flexibility index (Phi) is 10.2. The molecule has 3 aliphatic rings. The van der Waals surface area contributed by atoms with Gasteiger partial charge in [0.05, 0.1) is 18.2 Å². The molecule has 0 bridgehead atoms. The molecule has 2 saturated heterocycles. The summed E-state index contributed by atoms with van der Waals surface area (Å²) in [5.41, 5.74) is 18.1. The fourth-order valence-corrected chi connectivity index (χ4v) is 5.18. The highest BCUT2D eigenvalue weighted by molar-refractivity contribution is 5.00. The van der Waals surface area contributed by atoms with Gasteiger partial charge in [0, 0.05) is 12.6 Å². The molecule has 13 heteroatoms. The van der Waals surface area contributed by atoms with Gasteiger partial charge in [-0.15, -0.1) is 0 Å². The molecule has 0 radical (unpaired) electrons. The van der Waals surface area contributed by atoms with Gasteiger partial charge in [-0.1, -0.05) is 19.8 Å². The highest BCUT2D eigenvalue weighted by Crippen LogP contribution is 2.36. The van der Waals surface area contributed by atoms with Gasteiger partial charge in [0.2, 0.25) is 0 Å². The molecule has 0 aromatic heterocycles. The molecule has 35 heavy (non-hydrogen) atoms. The Labute approximate surface area is 205 Å². The zero-order chi connectivity index (χ0) is 26.0. The summed E-state index contributed by atoms with van der Waals surface area (Å²) in [6.07, 6.45) is -11.6. The Balaban J connectivity index is 1.82. The Morgan fingerprint density at radius 1 is 0.886 bits per heavy atom. The van der Waals surface area contributed by atoms with E-state index in [0.29, 0.717) is 12.8 Å². The largest absolute Gasteiger partial charge is 0.391 e. The summed E-state index contributed by atoms with van der Waals surface area (Å²) in [7, 11) is 0. The number of rotatable bonds is 9. The zero-order valence-corrected chi connectivity index (χ0v) is 20.2. The van der Waals surface area contributed by atoms with E-state index in [9.17, 15) is 30.6 Å². The average molecular weight is 510 g/mol. The van der Waals surface area contributed by atoms with Crippen molar-refractivity contribution in [2.75, 3.05) is 6.54 Å². The maximum Gasteiger partial charge on any atom is 0.187 e. The molecule has 3 rings (SSSR count). The summed E-state index contributed by atoms with van der Waals surface area (Å²) >= 11 is 0. The van der Waals surface area contributed by atoms with Crippen molar-refractivity contribution in [2.24, 2.45) is 23.1 Å². The Bertz CT molecular complexity index is 663. The van der Waals surface area contributed by atoms with Crippen molar-refractivity contribution in [3.05, 3.63) is 0 Å².